The number of hydrogen-bond acceptors (Lipinski definition) is 4. The number of aliphatic hydroxyl groups excluding tert-OH is 1. The molecule has 0 aliphatic rings. The van der Waals surface area contributed by atoms with Gasteiger partial charge in [-0.25, -0.2) is 0 Å². The quantitative estimate of drug-likeness (QED) is 0.770. The van der Waals surface area contributed by atoms with Crippen molar-refractivity contribution in [3.8, 4) is 5.75 Å². The number of nitrogens with two attached hydrogens (primary N) is 1. The highest BCUT2D eigenvalue weighted by molar-refractivity contribution is 5.44. The van der Waals surface area contributed by atoms with Gasteiger partial charge in [-0.1, -0.05) is 12.1 Å². The van der Waals surface area contributed by atoms with Crippen molar-refractivity contribution < 1.29 is 9.84 Å². The van der Waals surface area contributed by atoms with Gasteiger partial charge in [0, 0.05) is 5.56 Å². The van der Waals surface area contributed by atoms with E-state index in [4.69, 9.17) is 10.5 Å². The molecule has 5 heteroatoms. The summed E-state index contributed by atoms with van der Waals surface area (Å²) in [5, 5.41) is 16.6. The molecule has 0 radical (unpaired) electrons. The molecule has 1 atom stereocenters. The summed E-state index contributed by atoms with van der Waals surface area (Å²) < 4.78 is 5.59. The topological polar surface area (TPSA) is 84.2 Å². The zero-order valence-corrected chi connectivity index (χ0v) is 10.4. The van der Waals surface area contributed by atoms with Crippen molar-refractivity contribution in [2.75, 3.05) is 5.73 Å². The maximum absolute atomic E-state index is 10.2. The maximum atomic E-state index is 10.2. The Labute approximate surface area is 106 Å². The summed E-state index contributed by atoms with van der Waals surface area (Å²) in [6.07, 6.45) is 0.812. The van der Waals surface area contributed by atoms with Crippen LogP contribution in [-0.2, 0) is 0 Å². The third-order valence-electron chi connectivity index (χ3n) is 2.54. The van der Waals surface area contributed by atoms with E-state index in [-0.39, 0.29) is 6.10 Å². The van der Waals surface area contributed by atoms with Gasteiger partial charge in [0.2, 0.25) is 0 Å². The molecule has 96 valence electrons. The summed E-state index contributed by atoms with van der Waals surface area (Å²) in [5.41, 5.74) is 6.98. The maximum Gasteiger partial charge on any atom is 0.125 e. The van der Waals surface area contributed by atoms with E-state index in [9.17, 15) is 5.11 Å². The molecule has 1 unspecified atom stereocenters. The predicted molar refractivity (Wildman–Crippen MR) is 69.3 cm³/mol. The molecule has 0 saturated heterocycles. The number of aromatic amines is 1. The van der Waals surface area contributed by atoms with E-state index in [1.54, 1.807) is 6.07 Å². The number of nitrogen functional groups attached to an aromatic ring is 1. The van der Waals surface area contributed by atoms with Gasteiger partial charge in [-0.05, 0) is 31.5 Å². The van der Waals surface area contributed by atoms with Crippen molar-refractivity contribution in [1.29, 1.82) is 0 Å². The lowest BCUT2D eigenvalue weighted by molar-refractivity contribution is 0.217. The van der Waals surface area contributed by atoms with Gasteiger partial charge in [0.05, 0.1) is 12.3 Å². The van der Waals surface area contributed by atoms with Crippen LogP contribution < -0.4 is 10.5 Å². The van der Waals surface area contributed by atoms with Crippen LogP contribution in [0.25, 0.3) is 0 Å². The van der Waals surface area contributed by atoms with Crippen molar-refractivity contribution in [2.45, 2.75) is 26.1 Å². The van der Waals surface area contributed by atoms with Gasteiger partial charge in [0.25, 0.3) is 0 Å². The van der Waals surface area contributed by atoms with Crippen molar-refractivity contribution in [1.82, 2.24) is 10.2 Å². The highest BCUT2D eigenvalue weighted by Crippen LogP contribution is 2.27. The summed E-state index contributed by atoms with van der Waals surface area (Å²) in [6, 6.07) is 7.32. The first-order chi connectivity index (χ1) is 8.58. The Balaban J connectivity index is 2.25. The lowest BCUT2D eigenvalue weighted by Gasteiger charge is -2.14. The molecule has 0 bridgehead atoms. The van der Waals surface area contributed by atoms with Gasteiger partial charge in [0.15, 0.2) is 0 Å². The summed E-state index contributed by atoms with van der Waals surface area (Å²) >= 11 is 0. The number of aromatic nitrogens is 2. The molecule has 2 aromatic rings. The molecule has 0 aliphatic carbocycles. The number of rotatable bonds is 4. The lowest BCUT2D eigenvalue weighted by Crippen LogP contribution is -2.07. The number of hydrogen-bond donors (Lipinski definition) is 3. The molecule has 4 N–H and O–H groups in total. The van der Waals surface area contributed by atoms with E-state index in [0.29, 0.717) is 11.4 Å². The fraction of sp³-hybridized carbons (Fsp3) is 0.308. The second-order valence-corrected chi connectivity index (χ2v) is 4.38. The van der Waals surface area contributed by atoms with E-state index < -0.39 is 6.10 Å². The van der Waals surface area contributed by atoms with E-state index in [1.165, 1.54) is 6.20 Å². The lowest BCUT2D eigenvalue weighted by atomic mass is 10.0. The third-order valence-corrected chi connectivity index (χ3v) is 2.54. The minimum atomic E-state index is -0.806. The number of aliphatic hydroxyl groups is 1. The van der Waals surface area contributed by atoms with Crippen LogP contribution in [0.2, 0.25) is 0 Å². The monoisotopic (exact) mass is 247 g/mol. The number of nitrogens with one attached hydrogen (secondary N) is 1. The third kappa shape index (κ3) is 2.62. The van der Waals surface area contributed by atoms with Gasteiger partial charge >= 0.3 is 0 Å². The van der Waals surface area contributed by atoms with Crippen LogP contribution in [0.3, 0.4) is 0 Å². The smallest absolute Gasteiger partial charge is 0.125 e. The van der Waals surface area contributed by atoms with Crippen LogP contribution in [0.1, 0.15) is 31.1 Å². The van der Waals surface area contributed by atoms with Gasteiger partial charge in [0.1, 0.15) is 17.7 Å². The fourth-order valence-corrected chi connectivity index (χ4v) is 1.73. The summed E-state index contributed by atoms with van der Waals surface area (Å²) in [7, 11) is 0. The fourth-order valence-electron chi connectivity index (χ4n) is 1.73. The minimum Gasteiger partial charge on any atom is -0.491 e. The summed E-state index contributed by atoms with van der Waals surface area (Å²) in [4.78, 5) is 0. The van der Waals surface area contributed by atoms with Crippen molar-refractivity contribution in [3.63, 3.8) is 0 Å². The molecular weight excluding hydrogens is 230 g/mol. The first-order valence-corrected chi connectivity index (χ1v) is 5.81. The molecule has 0 aliphatic heterocycles. The number of benzene rings is 1. The number of nitrogens with zero attached hydrogens (tertiary/aromatic N) is 1. The Kier molecular flexibility index (Phi) is 3.53. The van der Waals surface area contributed by atoms with Crippen LogP contribution in [-0.4, -0.2) is 21.4 Å². The molecule has 0 fully saturated rings. The number of H-pyrrole nitrogens is 1. The molecule has 1 aromatic carbocycles. The second-order valence-electron chi connectivity index (χ2n) is 4.38. The summed E-state index contributed by atoms with van der Waals surface area (Å²) in [6.45, 7) is 3.91. The van der Waals surface area contributed by atoms with Crippen molar-refractivity contribution >= 4 is 5.82 Å². The van der Waals surface area contributed by atoms with Crippen LogP contribution >= 0.6 is 0 Å². The molecular formula is C13H17N3O2. The first-order valence-electron chi connectivity index (χ1n) is 5.81. The van der Waals surface area contributed by atoms with E-state index in [2.05, 4.69) is 10.2 Å². The SMILES string of the molecule is CC(C)Oc1cccc(C(O)c2cn[nH]c2N)c1. The average Bonchev–Trinajstić information content (AvgIpc) is 2.74. The molecule has 1 aromatic heterocycles. The normalized spacial score (nSPS) is 12.7. The van der Waals surface area contributed by atoms with Gasteiger partial charge in [-0.3, -0.25) is 5.10 Å². The highest BCUT2D eigenvalue weighted by Gasteiger charge is 2.15. The zero-order chi connectivity index (χ0) is 13.1. The molecule has 1 heterocycles. The molecule has 0 amide bonds. The van der Waals surface area contributed by atoms with Crippen LogP contribution in [0.4, 0.5) is 5.82 Å². The van der Waals surface area contributed by atoms with Crippen LogP contribution in [0.5, 0.6) is 5.75 Å². The summed E-state index contributed by atoms with van der Waals surface area (Å²) in [5.74, 6) is 1.10. The Hall–Kier alpha value is -2.01. The van der Waals surface area contributed by atoms with Gasteiger partial charge < -0.3 is 15.6 Å². The van der Waals surface area contributed by atoms with E-state index >= 15 is 0 Å². The van der Waals surface area contributed by atoms with Gasteiger partial charge in [-0.2, -0.15) is 5.10 Å². The minimum absolute atomic E-state index is 0.0939. The van der Waals surface area contributed by atoms with E-state index in [1.807, 2.05) is 32.0 Å². The largest absolute Gasteiger partial charge is 0.491 e. The van der Waals surface area contributed by atoms with E-state index in [0.717, 1.165) is 11.3 Å². The Morgan fingerprint density at radius 1 is 1.39 bits per heavy atom. The van der Waals surface area contributed by atoms with Crippen LogP contribution in [0, 0.1) is 0 Å². The Bertz CT molecular complexity index is 522. The molecule has 5 nitrogen and oxygen atoms in total. The second kappa shape index (κ2) is 5.10. The number of ether oxygens (including phenoxy) is 1. The Morgan fingerprint density at radius 3 is 2.78 bits per heavy atom. The molecule has 2 rings (SSSR count). The number of anilines is 1. The van der Waals surface area contributed by atoms with Crippen molar-refractivity contribution in [2.24, 2.45) is 0 Å². The first kappa shape index (κ1) is 12.4. The van der Waals surface area contributed by atoms with Crippen LogP contribution in [0.15, 0.2) is 30.5 Å². The van der Waals surface area contributed by atoms with Crippen molar-refractivity contribution in [3.05, 3.63) is 41.6 Å². The highest BCUT2D eigenvalue weighted by atomic mass is 16.5. The Morgan fingerprint density at radius 2 is 2.17 bits per heavy atom. The van der Waals surface area contributed by atoms with Gasteiger partial charge in [-0.15, -0.1) is 0 Å². The standard InChI is InChI=1S/C13H17N3O2/c1-8(2)18-10-5-3-4-9(6-10)12(17)11-7-15-16-13(11)14/h3-8,12,17H,1-2H3,(H3,14,15,16). The average molecular weight is 247 g/mol. The predicted octanol–water partition coefficient (Wildman–Crippen LogP) is 1.86. The molecule has 0 saturated carbocycles. The molecule has 0 spiro atoms. The zero-order valence-electron chi connectivity index (χ0n) is 10.4. The molecule has 18 heavy (non-hydrogen) atoms.